The van der Waals surface area contributed by atoms with Crippen molar-refractivity contribution in [2.24, 2.45) is 0 Å². The summed E-state index contributed by atoms with van der Waals surface area (Å²) >= 11 is 0. The number of fused-ring (bicyclic) bond motifs is 1. The van der Waals surface area contributed by atoms with Gasteiger partial charge in [-0.25, -0.2) is 0 Å². The van der Waals surface area contributed by atoms with Crippen LogP contribution in [0.15, 0.2) is 24.3 Å². The average Bonchev–Trinajstić information content (AvgIpc) is 3.03. The minimum atomic E-state index is -4.51. The van der Waals surface area contributed by atoms with Crippen LogP contribution >= 0.6 is 0 Å². The van der Waals surface area contributed by atoms with Crippen LogP contribution in [0.25, 0.3) is 0 Å². The summed E-state index contributed by atoms with van der Waals surface area (Å²) in [6.07, 6.45) is -1.69. The Hall–Kier alpha value is -2.09. The first-order chi connectivity index (χ1) is 11.9. The lowest BCUT2D eigenvalue weighted by molar-refractivity contribution is -0.137. The summed E-state index contributed by atoms with van der Waals surface area (Å²) in [5.41, 5.74) is -0.997. The molecule has 2 aliphatic heterocycles. The summed E-state index contributed by atoms with van der Waals surface area (Å²) in [5.74, 6) is -0.881. The molecule has 3 rings (SSSR count). The molecule has 2 atom stereocenters. The number of likely N-dealkylation sites (tertiary alicyclic amines) is 1. The molecule has 0 saturated carbocycles. The van der Waals surface area contributed by atoms with Crippen molar-refractivity contribution in [3.8, 4) is 0 Å². The second-order valence-electron chi connectivity index (χ2n) is 6.41. The molecule has 2 fully saturated rings. The van der Waals surface area contributed by atoms with E-state index in [4.69, 9.17) is 0 Å². The van der Waals surface area contributed by atoms with Crippen molar-refractivity contribution in [2.45, 2.75) is 37.5 Å². The van der Waals surface area contributed by atoms with Gasteiger partial charge in [-0.3, -0.25) is 9.59 Å². The van der Waals surface area contributed by atoms with Crippen LogP contribution in [0.3, 0.4) is 0 Å². The normalized spacial score (nSPS) is 23.2. The Bertz CT molecular complexity index is 663. The summed E-state index contributed by atoms with van der Waals surface area (Å²) in [6.45, 7) is 1.38. The molecule has 0 spiro atoms. The molecule has 2 amide bonds. The molecule has 2 aliphatic rings. The topological polar surface area (TPSA) is 61.4 Å². The highest BCUT2D eigenvalue weighted by molar-refractivity contribution is 5.96. The Kier molecular flexibility index (Phi) is 4.99. The summed E-state index contributed by atoms with van der Waals surface area (Å²) in [6, 6.07) is 4.62. The van der Waals surface area contributed by atoms with Gasteiger partial charge >= 0.3 is 6.18 Å². The zero-order chi connectivity index (χ0) is 18.0. The summed E-state index contributed by atoms with van der Waals surface area (Å²) in [7, 11) is 0. The van der Waals surface area contributed by atoms with Gasteiger partial charge in [0.15, 0.2) is 0 Å². The Morgan fingerprint density at radius 3 is 2.84 bits per heavy atom. The first-order valence-electron chi connectivity index (χ1n) is 8.34. The van der Waals surface area contributed by atoms with Crippen molar-refractivity contribution in [2.75, 3.05) is 19.6 Å². The number of nitrogens with one attached hydrogen (secondary N) is 2. The van der Waals surface area contributed by atoms with Crippen molar-refractivity contribution in [1.29, 1.82) is 0 Å². The Morgan fingerprint density at radius 1 is 1.28 bits per heavy atom. The van der Waals surface area contributed by atoms with E-state index in [9.17, 15) is 22.8 Å². The number of carbonyl (C=O) groups is 2. The third-order valence-corrected chi connectivity index (χ3v) is 4.80. The third-order valence-electron chi connectivity index (χ3n) is 4.80. The molecule has 0 radical (unpaired) electrons. The van der Waals surface area contributed by atoms with E-state index in [1.54, 1.807) is 4.90 Å². The maximum absolute atomic E-state index is 12.7. The number of hydrogen-bond donors (Lipinski definition) is 2. The molecule has 25 heavy (non-hydrogen) atoms. The molecule has 2 heterocycles. The van der Waals surface area contributed by atoms with Crippen LogP contribution < -0.4 is 10.6 Å². The summed E-state index contributed by atoms with van der Waals surface area (Å²) in [5, 5.41) is 5.82. The van der Waals surface area contributed by atoms with Crippen molar-refractivity contribution in [1.82, 2.24) is 15.5 Å². The minimum Gasteiger partial charge on any atom is -0.343 e. The first-order valence-corrected chi connectivity index (χ1v) is 8.34. The van der Waals surface area contributed by atoms with E-state index >= 15 is 0 Å². The van der Waals surface area contributed by atoms with Crippen LogP contribution in [0, 0.1) is 0 Å². The van der Waals surface area contributed by atoms with Crippen LogP contribution in [0.2, 0.25) is 0 Å². The van der Waals surface area contributed by atoms with Crippen molar-refractivity contribution >= 4 is 11.8 Å². The molecule has 1 aromatic carbocycles. The monoisotopic (exact) mass is 355 g/mol. The van der Waals surface area contributed by atoms with Crippen LogP contribution in [0.4, 0.5) is 13.2 Å². The molecule has 5 nitrogen and oxygen atoms in total. The van der Waals surface area contributed by atoms with E-state index < -0.39 is 17.6 Å². The number of carbonyl (C=O) groups excluding carboxylic acids is 2. The van der Waals surface area contributed by atoms with Gasteiger partial charge in [0, 0.05) is 24.2 Å². The van der Waals surface area contributed by atoms with Gasteiger partial charge in [0.1, 0.15) is 0 Å². The van der Waals surface area contributed by atoms with Gasteiger partial charge in [-0.15, -0.1) is 0 Å². The van der Waals surface area contributed by atoms with Gasteiger partial charge in [-0.05, 0) is 44.0 Å². The number of halogens is 3. The van der Waals surface area contributed by atoms with Gasteiger partial charge in [0.25, 0.3) is 5.91 Å². The number of hydrogen-bond acceptors (Lipinski definition) is 3. The zero-order valence-electron chi connectivity index (χ0n) is 13.6. The van der Waals surface area contributed by atoms with E-state index in [0.29, 0.717) is 12.6 Å². The van der Waals surface area contributed by atoms with E-state index in [0.717, 1.165) is 37.9 Å². The fourth-order valence-electron chi connectivity index (χ4n) is 3.55. The van der Waals surface area contributed by atoms with Crippen LogP contribution in [0.5, 0.6) is 0 Å². The Morgan fingerprint density at radius 2 is 2.08 bits per heavy atom. The highest BCUT2D eigenvalue weighted by atomic mass is 19.4. The lowest BCUT2D eigenvalue weighted by Crippen LogP contribution is -2.50. The molecule has 2 unspecified atom stereocenters. The molecular formula is C17H20F3N3O2. The SMILES string of the molecule is O=C(NCC(=O)N1CCC2NCCCC21)c1cccc(C(F)(F)F)c1. The molecule has 2 saturated heterocycles. The van der Waals surface area contributed by atoms with Gasteiger partial charge in [0.05, 0.1) is 12.1 Å². The van der Waals surface area contributed by atoms with Crippen LogP contribution in [-0.2, 0) is 11.0 Å². The molecule has 136 valence electrons. The van der Waals surface area contributed by atoms with Gasteiger partial charge in [0.2, 0.25) is 5.91 Å². The van der Waals surface area contributed by atoms with Crippen molar-refractivity contribution in [3.63, 3.8) is 0 Å². The number of amides is 2. The molecule has 2 N–H and O–H groups in total. The number of nitrogens with zero attached hydrogens (tertiary/aromatic N) is 1. The largest absolute Gasteiger partial charge is 0.416 e. The number of alkyl halides is 3. The second kappa shape index (κ2) is 7.03. The van der Waals surface area contributed by atoms with Gasteiger partial charge < -0.3 is 15.5 Å². The molecule has 1 aromatic rings. The maximum atomic E-state index is 12.7. The van der Waals surface area contributed by atoms with Crippen LogP contribution in [0.1, 0.15) is 35.2 Å². The fraction of sp³-hybridized carbons (Fsp3) is 0.529. The third kappa shape index (κ3) is 3.95. The quantitative estimate of drug-likeness (QED) is 0.869. The van der Waals surface area contributed by atoms with Crippen molar-refractivity contribution < 1.29 is 22.8 Å². The number of rotatable bonds is 3. The highest BCUT2D eigenvalue weighted by Crippen LogP contribution is 2.29. The van der Waals surface area contributed by atoms with Gasteiger partial charge in [-0.1, -0.05) is 6.07 Å². The molecule has 0 aliphatic carbocycles. The molecular weight excluding hydrogens is 335 g/mol. The number of piperidine rings is 1. The average molecular weight is 355 g/mol. The summed E-state index contributed by atoms with van der Waals surface area (Å²) in [4.78, 5) is 26.2. The standard InChI is InChI=1S/C17H20F3N3O2/c18-17(19,20)12-4-1-3-11(9-12)16(25)22-10-15(24)23-8-6-13-14(23)5-2-7-21-13/h1,3-4,9,13-14,21H,2,5-8,10H2,(H,22,25). The Labute approximate surface area is 143 Å². The molecule has 8 heteroatoms. The second-order valence-corrected chi connectivity index (χ2v) is 6.41. The predicted octanol–water partition coefficient (Wildman–Crippen LogP) is 1.79. The molecule has 0 bridgehead atoms. The van der Waals surface area contributed by atoms with E-state index in [-0.39, 0.29) is 24.1 Å². The lowest BCUT2D eigenvalue weighted by atomic mass is 9.99. The fourth-order valence-corrected chi connectivity index (χ4v) is 3.55. The van der Waals surface area contributed by atoms with Crippen LogP contribution in [-0.4, -0.2) is 48.4 Å². The summed E-state index contributed by atoms with van der Waals surface area (Å²) < 4.78 is 38.1. The maximum Gasteiger partial charge on any atom is 0.416 e. The van der Waals surface area contributed by atoms with E-state index in [1.165, 1.54) is 12.1 Å². The highest BCUT2D eigenvalue weighted by Gasteiger charge is 2.38. The van der Waals surface area contributed by atoms with Crippen molar-refractivity contribution in [3.05, 3.63) is 35.4 Å². The van der Waals surface area contributed by atoms with Gasteiger partial charge in [-0.2, -0.15) is 13.2 Å². The Balaban J connectivity index is 1.58. The predicted molar refractivity (Wildman–Crippen MR) is 84.9 cm³/mol. The lowest BCUT2D eigenvalue weighted by Gasteiger charge is -2.32. The zero-order valence-corrected chi connectivity index (χ0v) is 13.6. The minimum absolute atomic E-state index is 0.110. The molecule has 0 aromatic heterocycles. The first kappa shape index (κ1) is 17.7. The number of benzene rings is 1. The smallest absolute Gasteiger partial charge is 0.343 e. The van der Waals surface area contributed by atoms with E-state index in [2.05, 4.69) is 10.6 Å². The van der Waals surface area contributed by atoms with E-state index in [1.807, 2.05) is 0 Å².